The fourth-order valence-electron chi connectivity index (χ4n) is 2.00. The van der Waals surface area contributed by atoms with Crippen molar-refractivity contribution in [2.24, 2.45) is 0 Å². The molecule has 0 atom stereocenters. The van der Waals surface area contributed by atoms with Crippen molar-refractivity contribution in [3.05, 3.63) is 58.1 Å². The Morgan fingerprint density at radius 1 is 1.12 bits per heavy atom. The van der Waals surface area contributed by atoms with Crippen LogP contribution < -0.4 is 5.32 Å². The van der Waals surface area contributed by atoms with Gasteiger partial charge in [0.15, 0.2) is 0 Å². The van der Waals surface area contributed by atoms with Crippen LogP contribution in [0.2, 0.25) is 0 Å². The van der Waals surface area contributed by atoms with Crippen molar-refractivity contribution in [3.63, 3.8) is 0 Å². The lowest BCUT2D eigenvalue weighted by molar-refractivity contribution is -0.384. The smallest absolute Gasteiger partial charge is 0.350 e. The third kappa shape index (κ3) is 3.62. The van der Waals surface area contributed by atoms with Crippen molar-refractivity contribution in [1.82, 2.24) is 0 Å². The summed E-state index contributed by atoms with van der Waals surface area (Å²) >= 11 is 0. The van der Waals surface area contributed by atoms with E-state index < -0.39 is 37.0 Å². The highest BCUT2D eigenvalue weighted by Gasteiger charge is 2.55. The van der Waals surface area contributed by atoms with Gasteiger partial charge < -0.3 is 5.32 Å². The molecule has 6 nitrogen and oxygen atoms in total. The van der Waals surface area contributed by atoms with Gasteiger partial charge in [-0.05, 0) is 31.2 Å². The molecule has 2 aromatic rings. The largest absolute Gasteiger partial charge is 0.408 e. The van der Waals surface area contributed by atoms with Crippen LogP contribution in [0.25, 0.3) is 0 Å². The monoisotopic (exact) mass is 392 g/mol. The fourth-order valence-corrected chi connectivity index (χ4v) is 3.06. The number of halogens is 4. The Hall–Kier alpha value is -2.69. The lowest BCUT2D eigenvalue weighted by Gasteiger charge is -2.16. The summed E-state index contributed by atoms with van der Waals surface area (Å²) in [5.74, 6) is 0. The highest BCUT2D eigenvalue weighted by atomic mass is 32.2. The molecule has 0 aliphatic carbocycles. The normalized spacial score (nSPS) is 12.2. The molecule has 2 aromatic carbocycles. The zero-order chi connectivity index (χ0) is 19.7. The molecule has 0 aliphatic rings. The second kappa shape index (κ2) is 6.90. The third-order valence-corrected chi connectivity index (χ3v) is 5.19. The fraction of sp³-hybridized carbons (Fsp3) is 0.200. The number of hydrogen-bond donors (Lipinski definition) is 1. The van der Waals surface area contributed by atoms with Crippen LogP contribution in [0.5, 0.6) is 0 Å². The van der Waals surface area contributed by atoms with Gasteiger partial charge in [-0.25, -0.2) is 17.2 Å². The molecule has 26 heavy (non-hydrogen) atoms. The molecule has 0 fully saturated rings. The van der Waals surface area contributed by atoms with E-state index in [2.05, 4.69) is 5.32 Å². The first kappa shape index (κ1) is 19.6. The predicted molar refractivity (Wildman–Crippen MR) is 85.7 cm³/mol. The van der Waals surface area contributed by atoms with E-state index >= 15 is 0 Å². The van der Waals surface area contributed by atoms with Crippen LogP contribution in [0.4, 0.5) is 34.6 Å². The molecule has 2 rings (SSSR count). The molecule has 0 aliphatic heterocycles. The number of rotatable bonds is 6. The van der Waals surface area contributed by atoms with Gasteiger partial charge in [0.2, 0.25) is 9.84 Å². The van der Waals surface area contributed by atoms with Crippen LogP contribution in [0.3, 0.4) is 0 Å². The number of benzene rings is 2. The quantitative estimate of drug-likeness (QED) is 0.450. The third-order valence-electron chi connectivity index (χ3n) is 3.42. The van der Waals surface area contributed by atoms with Gasteiger partial charge in [-0.3, -0.25) is 10.1 Å². The molecule has 0 heterocycles. The minimum absolute atomic E-state index is 0.182. The van der Waals surface area contributed by atoms with Gasteiger partial charge in [-0.2, -0.15) is 8.78 Å². The van der Waals surface area contributed by atoms with Crippen molar-refractivity contribution in [3.8, 4) is 0 Å². The zero-order valence-corrected chi connectivity index (χ0v) is 13.9. The average molecular weight is 392 g/mol. The number of nitrogens with zero attached hydrogens (tertiary/aromatic N) is 1. The van der Waals surface area contributed by atoms with Crippen LogP contribution in [0, 0.1) is 17.0 Å². The van der Waals surface area contributed by atoms with Crippen LogP contribution in [-0.4, -0.2) is 25.0 Å². The van der Waals surface area contributed by atoms with Crippen LogP contribution in [0.15, 0.2) is 47.4 Å². The molecule has 0 bridgehead atoms. The highest BCUT2D eigenvalue weighted by molar-refractivity contribution is 7.92. The predicted octanol–water partition coefficient (Wildman–Crippen LogP) is 4.28. The van der Waals surface area contributed by atoms with E-state index in [9.17, 15) is 36.1 Å². The summed E-state index contributed by atoms with van der Waals surface area (Å²) in [7, 11) is -5.80. The molecule has 1 N–H and O–H groups in total. The lowest BCUT2D eigenvalue weighted by Crippen LogP contribution is -2.36. The Balaban J connectivity index is 2.50. The number of anilines is 2. The summed E-state index contributed by atoms with van der Waals surface area (Å²) in [6, 6.07) is 8.39. The molecule has 0 radical (unpaired) electrons. The van der Waals surface area contributed by atoms with Crippen molar-refractivity contribution in [2.45, 2.75) is 23.5 Å². The van der Waals surface area contributed by atoms with E-state index in [1.807, 2.05) is 6.92 Å². The average Bonchev–Trinajstić information content (AvgIpc) is 2.56. The lowest BCUT2D eigenvalue weighted by atomic mass is 10.2. The molecule has 0 saturated heterocycles. The van der Waals surface area contributed by atoms with Gasteiger partial charge in [0.1, 0.15) is 5.69 Å². The van der Waals surface area contributed by atoms with Crippen LogP contribution >= 0.6 is 0 Å². The number of hydrogen-bond acceptors (Lipinski definition) is 5. The number of nitro groups is 1. The summed E-state index contributed by atoms with van der Waals surface area (Å²) in [6.07, 6.45) is -4.48. The summed E-state index contributed by atoms with van der Waals surface area (Å²) in [6.45, 7) is 1.81. The number of aryl methyl sites for hydroxylation is 1. The molecular weight excluding hydrogens is 380 g/mol. The Morgan fingerprint density at radius 3 is 2.19 bits per heavy atom. The van der Waals surface area contributed by atoms with Gasteiger partial charge in [-0.15, -0.1) is 0 Å². The maximum Gasteiger partial charge on any atom is 0.408 e. The zero-order valence-electron chi connectivity index (χ0n) is 13.1. The highest BCUT2D eigenvalue weighted by Crippen LogP contribution is 2.38. The second-order valence-electron chi connectivity index (χ2n) is 5.29. The first-order chi connectivity index (χ1) is 12.0. The Bertz CT molecular complexity index is 931. The number of sulfone groups is 1. The molecule has 140 valence electrons. The first-order valence-electron chi connectivity index (χ1n) is 6.99. The molecule has 0 unspecified atom stereocenters. The summed E-state index contributed by atoms with van der Waals surface area (Å²) in [5.41, 5.74) is 0.308. The number of alkyl halides is 4. The minimum atomic E-state index is -5.80. The Kier molecular flexibility index (Phi) is 5.21. The number of nitrogens with one attached hydrogen (secondary N) is 1. The molecular formula is C15H12F4N2O4S. The molecule has 11 heteroatoms. The van der Waals surface area contributed by atoms with E-state index in [0.717, 1.165) is 11.6 Å². The van der Waals surface area contributed by atoms with Crippen molar-refractivity contribution >= 4 is 26.9 Å². The molecule has 0 saturated carbocycles. The van der Waals surface area contributed by atoms with Gasteiger partial charge in [0.05, 0.1) is 9.82 Å². The SMILES string of the molecule is Cc1ccc(Nc2ccc(S(=O)(=O)C(F)(F)C(F)F)cc2[N+](=O)[O-])cc1. The Labute approximate surface area is 145 Å². The molecule has 0 spiro atoms. The summed E-state index contributed by atoms with van der Waals surface area (Å²) in [4.78, 5) is 8.89. The van der Waals surface area contributed by atoms with Gasteiger partial charge in [-0.1, -0.05) is 17.7 Å². The van der Waals surface area contributed by atoms with E-state index in [4.69, 9.17) is 0 Å². The molecule has 0 amide bonds. The molecule has 0 aromatic heterocycles. The van der Waals surface area contributed by atoms with Crippen LogP contribution in [-0.2, 0) is 9.84 Å². The second-order valence-corrected chi connectivity index (χ2v) is 7.32. The maximum atomic E-state index is 13.3. The standard InChI is InChI=1S/C15H12F4N2O4S/c1-9-2-4-10(5-3-9)20-12-7-6-11(8-13(12)21(22)23)26(24,25)15(18,19)14(16)17/h2-8,14,20H,1H3. The first-order valence-corrected chi connectivity index (χ1v) is 8.48. The van der Waals surface area contributed by atoms with Crippen molar-refractivity contribution < 1.29 is 30.9 Å². The van der Waals surface area contributed by atoms with Crippen LogP contribution in [0.1, 0.15) is 5.56 Å². The van der Waals surface area contributed by atoms with E-state index in [0.29, 0.717) is 17.8 Å². The minimum Gasteiger partial charge on any atom is -0.350 e. The summed E-state index contributed by atoms with van der Waals surface area (Å²) < 4.78 is 74.8. The van der Waals surface area contributed by atoms with E-state index in [-0.39, 0.29) is 5.69 Å². The van der Waals surface area contributed by atoms with Gasteiger partial charge in [0, 0.05) is 11.8 Å². The van der Waals surface area contributed by atoms with Crippen molar-refractivity contribution in [1.29, 1.82) is 0 Å². The topological polar surface area (TPSA) is 89.3 Å². The Morgan fingerprint density at radius 2 is 1.69 bits per heavy atom. The summed E-state index contributed by atoms with van der Waals surface area (Å²) in [5, 5.41) is 8.44. The van der Waals surface area contributed by atoms with Gasteiger partial charge >= 0.3 is 11.7 Å². The van der Waals surface area contributed by atoms with E-state index in [1.165, 1.54) is 0 Å². The van der Waals surface area contributed by atoms with Crippen molar-refractivity contribution in [2.75, 3.05) is 5.32 Å². The maximum absolute atomic E-state index is 13.3. The number of nitro benzene ring substituents is 1. The van der Waals surface area contributed by atoms with Gasteiger partial charge in [0.25, 0.3) is 5.69 Å². The van der Waals surface area contributed by atoms with E-state index in [1.54, 1.807) is 24.3 Å².